The Kier molecular flexibility index (Phi) is 4.85. The Bertz CT molecular complexity index is 848. The standard InChI is InChI=1S/C21H27FN4O3/c1-20(2,3)29-19(28)24-6-4-21(5-7-24)12-25(13-21)26-14-23-10-15-8-16(11-27)17(22)9-18(15)26/h8-11H,4-7,12-14H2,1-3H3. The molecule has 1 aromatic carbocycles. The number of aldehydes is 1. The van der Waals surface area contributed by atoms with Crippen molar-refractivity contribution < 1.29 is 18.7 Å². The zero-order valence-corrected chi connectivity index (χ0v) is 17.2. The number of hydrogen-bond acceptors (Lipinski definition) is 6. The normalized spacial score (nSPS) is 21.0. The summed E-state index contributed by atoms with van der Waals surface area (Å²) < 4.78 is 19.6. The molecule has 0 radical (unpaired) electrons. The maximum Gasteiger partial charge on any atom is 0.410 e. The Hall–Kier alpha value is -2.48. The van der Waals surface area contributed by atoms with E-state index in [0.29, 0.717) is 26.0 Å². The third-order valence-electron chi connectivity index (χ3n) is 5.85. The average molecular weight is 402 g/mol. The third-order valence-corrected chi connectivity index (χ3v) is 5.85. The molecule has 0 saturated carbocycles. The summed E-state index contributed by atoms with van der Waals surface area (Å²) in [6, 6.07) is 2.96. The van der Waals surface area contributed by atoms with Crippen molar-refractivity contribution in [3.05, 3.63) is 29.1 Å². The minimum atomic E-state index is -0.514. The van der Waals surface area contributed by atoms with E-state index in [1.807, 2.05) is 25.8 Å². The van der Waals surface area contributed by atoms with Crippen LogP contribution in [0.3, 0.4) is 0 Å². The van der Waals surface area contributed by atoms with Crippen LogP contribution < -0.4 is 5.01 Å². The van der Waals surface area contributed by atoms with Gasteiger partial charge in [0.05, 0.1) is 11.3 Å². The van der Waals surface area contributed by atoms with Crippen molar-refractivity contribution >= 4 is 24.3 Å². The lowest BCUT2D eigenvalue weighted by atomic mass is 9.73. The van der Waals surface area contributed by atoms with Gasteiger partial charge in [-0.15, -0.1) is 0 Å². The predicted molar refractivity (Wildman–Crippen MR) is 108 cm³/mol. The van der Waals surface area contributed by atoms with E-state index in [0.717, 1.165) is 37.2 Å². The summed E-state index contributed by atoms with van der Waals surface area (Å²) in [5.74, 6) is -0.514. The molecular formula is C21H27FN4O3. The van der Waals surface area contributed by atoms with Crippen LogP contribution >= 0.6 is 0 Å². The summed E-state index contributed by atoms with van der Waals surface area (Å²) in [5, 5.41) is 4.16. The molecule has 0 N–H and O–H groups in total. The molecule has 156 valence electrons. The fraction of sp³-hybridized carbons (Fsp3) is 0.571. The highest BCUT2D eigenvalue weighted by Crippen LogP contribution is 2.43. The van der Waals surface area contributed by atoms with Crippen molar-refractivity contribution in [3.63, 3.8) is 0 Å². The fourth-order valence-electron chi connectivity index (χ4n) is 4.25. The average Bonchev–Trinajstić information content (AvgIpc) is 2.64. The van der Waals surface area contributed by atoms with Gasteiger partial charge in [-0.05, 0) is 39.7 Å². The zero-order chi connectivity index (χ0) is 20.8. The summed E-state index contributed by atoms with van der Waals surface area (Å²) >= 11 is 0. The van der Waals surface area contributed by atoms with Gasteiger partial charge < -0.3 is 9.64 Å². The Labute approximate surface area is 170 Å². The van der Waals surface area contributed by atoms with E-state index in [2.05, 4.69) is 10.0 Å². The van der Waals surface area contributed by atoms with Gasteiger partial charge in [0.15, 0.2) is 6.29 Å². The van der Waals surface area contributed by atoms with Crippen molar-refractivity contribution in [3.8, 4) is 0 Å². The van der Waals surface area contributed by atoms with E-state index in [1.54, 1.807) is 17.2 Å². The molecule has 0 atom stereocenters. The summed E-state index contributed by atoms with van der Waals surface area (Å²) in [6.45, 7) is 9.14. The van der Waals surface area contributed by atoms with Gasteiger partial charge in [0.2, 0.25) is 0 Å². The van der Waals surface area contributed by atoms with Gasteiger partial charge in [0.1, 0.15) is 18.1 Å². The molecule has 0 aromatic heterocycles. The number of carbonyl (C=O) groups is 2. The zero-order valence-electron chi connectivity index (χ0n) is 17.2. The third kappa shape index (κ3) is 3.85. The number of aliphatic imine (C=N–C) groups is 1. The first-order valence-corrected chi connectivity index (χ1v) is 9.99. The highest BCUT2D eigenvalue weighted by Gasteiger charge is 2.48. The summed E-state index contributed by atoms with van der Waals surface area (Å²) in [7, 11) is 0. The highest BCUT2D eigenvalue weighted by atomic mass is 19.1. The topological polar surface area (TPSA) is 65.5 Å². The van der Waals surface area contributed by atoms with E-state index >= 15 is 0 Å². The van der Waals surface area contributed by atoms with Crippen molar-refractivity contribution in [2.75, 3.05) is 37.9 Å². The Morgan fingerprint density at radius 3 is 2.55 bits per heavy atom. The lowest BCUT2D eigenvalue weighted by Crippen LogP contribution is -2.66. The number of ether oxygens (including phenoxy) is 1. The SMILES string of the molecule is CC(C)(C)OC(=O)N1CCC2(CC1)CN(N1CN=Cc3cc(C=O)c(F)cc31)C2. The Morgan fingerprint density at radius 2 is 1.93 bits per heavy atom. The number of nitrogens with zero attached hydrogens (tertiary/aromatic N) is 4. The first-order valence-electron chi connectivity index (χ1n) is 9.99. The van der Waals surface area contributed by atoms with E-state index < -0.39 is 11.4 Å². The maximum atomic E-state index is 14.2. The molecule has 8 heteroatoms. The van der Waals surface area contributed by atoms with Crippen molar-refractivity contribution in [1.29, 1.82) is 0 Å². The van der Waals surface area contributed by atoms with E-state index in [-0.39, 0.29) is 17.1 Å². The number of hydrazine groups is 1. The van der Waals surface area contributed by atoms with E-state index in [1.165, 1.54) is 6.07 Å². The molecule has 1 aromatic rings. The highest BCUT2D eigenvalue weighted by molar-refractivity contribution is 5.92. The monoisotopic (exact) mass is 402 g/mol. The summed E-state index contributed by atoms with van der Waals surface area (Å²) in [5.41, 5.74) is 1.22. The Balaban J connectivity index is 1.38. The first kappa shape index (κ1) is 19.8. The van der Waals surface area contributed by atoms with Crippen molar-refractivity contribution in [2.24, 2.45) is 10.4 Å². The quantitative estimate of drug-likeness (QED) is 0.712. The molecule has 1 amide bonds. The number of anilines is 1. The number of fused-ring (bicyclic) bond motifs is 1. The lowest BCUT2D eigenvalue weighted by Gasteiger charge is -2.57. The van der Waals surface area contributed by atoms with Gasteiger partial charge in [0.25, 0.3) is 0 Å². The molecule has 3 aliphatic rings. The molecule has 0 aliphatic carbocycles. The van der Waals surface area contributed by atoms with Crippen LogP contribution in [-0.2, 0) is 4.74 Å². The number of likely N-dealkylation sites (tertiary alicyclic amines) is 1. The van der Waals surface area contributed by atoms with Crippen LogP contribution in [0.15, 0.2) is 17.1 Å². The molecule has 2 saturated heterocycles. The van der Waals surface area contributed by atoms with Crippen LogP contribution in [0.1, 0.15) is 49.5 Å². The summed E-state index contributed by atoms with van der Waals surface area (Å²) in [6.07, 6.45) is 3.81. The number of halogens is 1. The lowest BCUT2D eigenvalue weighted by molar-refractivity contribution is -0.0567. The molecule has 3 heterocycles. The first-order chi connectivity index (χ1) is 13.7. The van der Waals surface area contributed by atoms with Crippen LogP contribution in [0.2, 0.25) is 0 Å². The number of hydrogen-bond donors (Lipinski definition) is 0. The molecular weight excluding hydrogens is 375 g/mol. The molecule has 1 spiro atoms. The fourth-order valence-corrected chi connectivity index (χ4v) is 4.25. The van der Waals surface area contributed by atoms with Crippen molar-refractivity contribution in [2.45, 2.75) is 39.2 Å². The van der Waals surface area contributed by atoms with E-state index in [9.17, 15) is 14.0 Å². The number of piperidine rings is 1. The number of benzene rings is 1. The second kappa shape index (κ2) is 7.09. The molecule has 2 fully saturated rings. The Morgan fingerprint density at radius 1 is 1.24 bits per heavy atom. The van der Waals surface area contributed by atoms with Gasteiger partial charge in [-0.25, -0.2) is 14.2 Å². The minimum Gasteiger partial charge on any atom is -0.444 e. The molecule has 0 unspecified atom stereocenters. The van der Waals surface area contributed by atoms with Crippen LogP contribution in [0, 0.1) is 11.2 Å². The van der Waals surface area contributed by atoms with E-state index in [4.69, 9.17) is 4.74 Å². The van der Waals surface area contributed by atoms with Gasteiger partial charge >= 0.3 is 6.09 Å². The maximum absolute atomic E-state index is 14.2. The van der Waals surface area contributed by atoms with Crippen LogP contribution in [-0.4, -0.2) is 67.0 Å². The van der Waals surface area contributed by atoms with Crippen molar-refractivity contribution in [1.82, 2.24) is 9.91 Å². The number of amides is 1. The van der Waals surface area contributed by atoms with Gasteiger partial charge in [-0.1, -0.05) is 0 Å². The van der Waals surface area contributed by atoms with Gasteiger partial charge in [0, 0.05) is 49.4 Å². The molecule has 29 heavy (non-hydrogen) atoms. The van der Waals surface area contributed by atoms with Gasteiger partial charge in [-0.2, -0.15) is 0 Å². The molecule has 4 rings (SSSR count). The predicted octanol–water partition coefficient (Wildman–Crippen LogP) is 3.08. The molecule has 3 aliphatic heterocycles. The number of rotatable bonds is 2. The smallest absolute Gasteiger partial charge is 0.410 e. The van der Waals surface area contributed by atoms with Crippen LogP contribution in [0.5, 0.6) is 0 Å². The molecule has 7 nitrogen and oxygen atoms in total. The van der Waals surface area contributed by atoms with Crippen LogP contribution in [0.25, 0.3) is 0 Å². The number of carbonyl (C=O) groups excluding carboxylic acids is 2. The van der Waals surface area contributed by atoms with Gasteiger partial charge in [-0.3, -0.25) is 14.8 Å². The van der Waals surface area contributed by atoms with Crippen LogP contribution in [0.4, 0.5) is 14.9 Å². The summed E-state index contributed by atoms with van der Waals surface area (Å²) in [4.78, 5) is 29.4. The second-order valence-corrected chi connectivity index (χ2v) is 9.19. The largest absolute Gasteiger partial charge is 0.444 e. The second-order valence-electron chi connectivity index (χ2n) is 9.19. The minimum absolute atomic E-state index is 0.0478. The molecule has 0 bridgehead atoms.